The molecule has 5 heteroatoms. The number of primary amides is 1. The zero-order valence-electron chi connectivity index (χ0n) is 9.34. The molecule has 17 heavy (non-hydrogen) atoms. The van der Waals surface area contributed by atoms with Gasteiger partial charge in [-0.25, -0.2) is 4.79 Å². The molecule has 0 unspecified atom stereocenters. The standard InChI is InChI=1S/C12H13NO4/c1-8(12(15)16)6-9-2-4-10(5-3-9)17-7-11(13)14/h2-6H,7H2,1H3,(H2,13,14)(H,15,16). The van der Waals surface area contributed by atoms with Crippen LogP contribution in [0.25, 0.3) is 6.08 Å². The summed E-state index contributed by atoms with van der Waals surface area (Å²) in [5.41, 5.74) is 5.92. The van der Waals surface area contributed by atoms with Gasteiger partial charge in [0.1, 0.15) is 5.75 Å². The molecular formula is C12H13NO4. The van der Waals surface area contributed by atoms with Crippen molar-refractivity contribution >= 4 is 18.0 Å². The fourth-order valence-corrected chi connectivity index (χ4v) is 1.13. The predicted molar refractivity (Wildman–Crippen MR) is 62.4 cm³/mol. The summed E-state index contributed by atoms with van der Waals surface area (Å²) in [5, 5.41) is 8.70. The summed E-state index contributed by atoms with van der Waals surface area (Å²) >= 11 is 0. The number of carboxylic acids is 1. The van der Waals surface area contributed by atoms with Gasteiger partial charge in [0.05, 0.1) is 0 Å². The maximum atomic E-state index is 10.6. The zero-order chi connectivity index (χ0) is 12.8. The molecule has 0 aromatic heterocycles. The number of nitrogens with two attached hydrogens (primary N) is 1. The van der Waals surface area contributed by atoms with Gasteiger partial charge in [0, 0.05) is 5.57 Å². The van der Waals surface area contributed by atoms with Crippen molar-refractivity contribution in [3.63, 3.8) is 0 Å². The first-order valence-corrected chi connectivity index (χ1v) is 4.92. The van der Waals surface area contributed by atoms with Gasteiger partial charge >= 0.3 is 5.97 Å². The van der Waals surface area contributed by atoms with Crippen LogP contribution in [0.5, 0.6) is 5.75 Å². The van der Waals surface area contributed by atoms with Gasteiger partial charge in [-0.15, -0.1) is 0 Å². The quantitative estimate of drug-likeness (QED) is 0.746. The van der Waals surface area contributed by atoms with Gasteiger partial charge in [0.15, 0.2) is 6.61 Å². The van der Waals surface area contributed by atoms with E-state index in [4.69, 9.17) is 15.6 Å². The van der Waals surface area contributed by atoms with E-state index in [2.05, 4.69) is 0 Å². The Kier molecular flexibility index (Phi) is 4.28. The fraction of sp³-hybridized carbons (Fsp3) is 0.167. The van der Waals surface area contributed by atoms with Gasteiger partial charge in [0.2, 0.25) is 0 Å². The number of benzene rings is 1. The van der Waals surface area contributed by atoms with Crippen molar-refractivity contribution in [3.8, 4) is 5.75 Å². The average Bonchev–Trinajstić information content (AvgIpc) is 2.28. The molecule has 0 aliphatic carbocycles. The third kappa shape index (κ3) is 4.38. The maximum absolute atomic E-state index is 10.6. The molecule has 0 saturated carbocycles. The van der Waals surface area contributed by atoms with Crippen molar-refractivity contribution in [1.82, 2.24) is 0 Å². The number of amides is 1. The average molecular weight is 235 g/mol. The van der Waals surface area contributed by atoms with Crippen LogP contribution in [-0.2, 0) is 9.59 Å². The molecule has 3 N–H and O–H groups in total. The first-order chi connectivity index (χ1) is 7.99. The smallest absolute Gasteiger partial charge is 0.331 e. The highest BCUT2D eigenvalue weighted by molar-refractivity contribution is 5.91. The van der Waals surface area contributed by atoms with Crippen LogP contribution in [0.3, 0.4) is 0 Å². The van der Waals surface area contributed by atoms with Gasteiger partial charge in [-0.2, -0.15) is 0 Å². The lowest BCUT2D eigenvalue weighted by atomic mass is 10.1. The number of hydrogen-bond acceptors (Lipinski definition) is 3. The first-order valence-electron chi connectivity index (χ1n) is 4.92. The lowest BCUT2D eigenvalue weighted by Gasteiger charge is -2.03. The Labute approximate surface area is 98.5 Å². The Morgan fingerprint density at radius 2 is 1.94 bits per heavy atom. The molecule has 1 aromatic rings. The van der Waals surface area contributed by atoms with Crippen molar-refractivity contribution in [2.45, 2.75) is 6.92 Å². The second-order valence-electron chi connectivity index (χ2n) is 3.46. The van der Waals surface area contributed by atoms with E-state index in [1.807, 2.05) is 0 Å². The Balaban J connectivity index is 2.71. The summed E-state index contributed by atoms with van der Waals surface area (Å²) in [6.07, 6.45) is 1.54. The lowest BCUT2D eigenvalue weighted by molar-refractivity contribution is -0.132. The molecule has 1 amide bonds. The van der Waals surface area contributed by atoms with Gasteiger partial charge in [-0.3, -0.25) is 4.79 Å². The predicted octanol–water partition coefficient (Wildman–Crippen LogP) is 1.04. The van der Waals surface area contributed by atoms with Gasteiger partial charge in [0.25, 0.3) is 5.91 Å². The Bertz CT molecular complexity index is 448. The first kappa shape index (κ1) is 12.8. The molecule has 1 rings (SSSR count). The molecule has 0 radical (unpaired) electrons. The van der Waals surface area contributed by atoms with Crippen molar-refractivity contribution in [2.75, 3.05) is 6.61 Å². The molecule has 0 aliphatic rings. The molecule has 5 nitrogen and oxygen atoms in total. The number of hydrogen-bond donors (Lipinski definition) is 2. The summed E-state index contributed by atoms with van der Waals surface area (Å²) < 4.78 is 5.06. The molecular weight excluding hydrogens is 222 g/mol. The maximum Gasteiger partial charge on any atom is 0.331 e. The normalized spacial score (nSPS) is 11.0. The molecule has 0 atom stereocenters. The Hall–Kier alpha value is -2.30. The monoisotopic (exact) mass is 235 g/mol. The highest BCUT2D eigenvalue weighted by Gasteiger charge is 2.00. The van der Waals surface area contributed by atoms with Gasteiger partial charge < -0.3 is 15.6 Å². The molecule has 0 bridgehead atoms. The Morgan fingerprint density at radius 1 is 1.35 bits per heavy atom. The van der Waals surface area contributed by atoms with E-state index in [1.165, 1.54) is 6.92 Å². The summed E-state index contributed by atoms with van der Waals surface area (Å²) in [6, 6.07) is 6.68. The van der Waals surface area contributed by atoms with E-state index in [1.54, 1.807) is 30.3 Å². The van der Waals surface area contributed by atoms with Crippen LogP contribution in [0.2, 0.25) is 0 Å². The highest BCUT2D eigenvalue weighted by Crippen LogP contribution is 2.14. The molecule has 0 spiro atoms. The third-order valence-electron chi connectivity index (χ3n) is 1.98. The summed E-state index contributed by atoms with van der Waals surface area (Å²) in [4.78, 5) is 21.1. The summed E-state index contributed by atoms with van der Waals surface area (Å²) in [7, 11) is 0. The number of rotatable bonds is 5. The second kappa shape index (κ2) is 5.69. The minimum atomic E-state index is -0.959. The van der Waals surface area contributed by atoms with E-state index in [0.717, 1.165) is 5.56 Å². The minimum Gasteiger partial charge on any atom is -0.484 e. The molecule has 0 aliphatic heterocycles. The van der Waals surface area contributed by atoms with Crippen LogP contribution >= 0.6 is 0 Å². The van der Waals surface area contributed by atoms with Crippen molar-refractivity contribution in [1.29, 1.82) is 0 Å². The van der Waals surface area contributed by atoms with Crippen LogP contribution in [0.4, 0.5) is 0 Å². The van der Waals surface area contributed by atoms with Crippen LogP contribution in [0.15, 0.2) is 29.8 Å². The molecule has 0 saturated heterocycles. The fourth-order valence-electron chi connectivity index (χ4n) is 1.13. The summed E-state index contributed by atoms with van der Waals surface area (Å²) in [5.74, 6) is -0.997. The van der Waals surface area contributed by atoms with Crippen LogP contribution in [-0.4, -0.2) is 23.6 Å². The van der Waals surface area contributed by atoms with E-state index < -0.39 is 11.9 Å². The number of carbonyl (C=O) groups excluding carboxylic acids is 1. The highest BCUT2D eigenvalue weighted by atomic mass is 16.5. The number of ether oxygens (including phenoxy) is 1. The molecule has 90 valence electrons. The minimum absolute atomic E-state index is 0.177. The number of aliphatic carboxylic acids is 1. The van der Waals surface area contributed by atoms with Gasteiger partial charge in [-0.1, -0.05) is 12.1 Å². The van der Waals surface area contributed by atoms with Crippen LogP contribution in [0, 0.1) is 0 Å². The SMILES string of the molecule is CC(=Cc1ccc(OCC(N)=O)cc1)C(=O)O. The van der Waals surface area contributed by atoms with E-state index in [9.17, 15) is 9.59 Å². The molecule has 0 heterocycles. The van der Waals surface area contributed by atoms with Crippen molar-refractivity contribution < 1.29 is 19.4 Å². The number of carboxylic acid groups (broad SMARTS) is 1. The number of carbonyl (C=O) groups is 2. The van der Waals surface area contributed by atoms with Crippen LogP contribution in [0.1, 0.15) is 12.5 Å². The van der Waals surface area contributed by atoms with Crippen molar-refractivity contribution in [2.24, 2.45) is 5.73 Å². The van der Waals surface area contributed by atoms with Crippen molar-refractivity contribution in [3.05, 3.63) is 35.4 Å². The van der Waals surface area contributed by atoms with Gasteiger partial charge in [-0.05, 0) is 30.7 Å². The largest absolute Gasteiger partial charge is 0.484 e. The zero-order valence-corrected chi connectivity index (χ0v) is 9.34. The third-order valence-corrected chi connectivity index (χ3v) is 1.98. The van der Waals surface area contributed by atoms with E-state index >= 15 is 0 Å². The molecule has 1 aromatic carbocycles. The Morgan fingerprint density at radius 3 is 2.41 bits per heavy atom. The topological polar surface area (TPSA) is 89.6 Å². The molecule has 0 fully saturated rings. The summed E-state index contributed by atoms with van der Waals surface area (Å²) in [6.45, 7) is 1.34. The second-order valence-corrected chi connectivity index (χ2v) is 3.46. The van der Waals surface area contributed by atoms with E-state index in [-0.39, 0.29) is 12.2 Å². The lowest BCUT2D eigenvalue weighted by Crippen LogP contribution is -2.19. The van der Waals surface area contributed by atoms with E-state index in [0.29, 0.717) is 5.75 Å². The van der Waals surface area contributed by atoms with Crippen LogP contribution < -0.4 is 10.5 Å².